The van der Waals surface area contributed by atoms with Crippen LogP contribution in [0.25, 0.3) is 0 Å². The summed E-state index contributed by atoms with van der Waals surface area (Å²) in [6.45, 7) is 2.71. The fourth-order valence-electron chi connectivity index (χ4n) is 3.46. The molecule has 0 saturated carbocycles. The van der Waals surface area contributed by atoms with Crippen LogP contribution in [-0.2, 0) is 4.79 Å². The fourth-order valence-corrected chi connectivity index (χ4v) is 3.80. The molecule has 0 spiro atoms. The molecule has 4 nitrogen and oxygen atoms in total. The van der Waals surface area contributed by atoms with Gasteiger partial charge in [0, 0.05) is 24.2 Å². The molecule has 0 amide bonds. The lowest BCUT2D eigenvalue weighted by Crippen LogP contribution is -2.17. The van der Waals surface area contributed by atoms with Crippen LogP contribution in [0.4, 0.5) is 0 Å². The number of likely N-dealkylation sites (tertiary alicyclic amines) is 1. The highest BCUT2D eigenvalue weighted by Crippen LogP contribution is 2.35. The van der Waals surface area contributed by atoms with Crippen molar-refractivity contribution in [2.45, 2.75) is 24.8 Å². The average Bonchev–Trinajstić information content (AvgIpc) is 3.07. The van der Waals surface area contributed by atoms with E-state index in [0.717, 1.165) is 30.1 Å². The van der Waals surface area contributed by atoms with E-state index in [9.17, 15) is 4.79 Å². The maximum absolute atomic E-state index is 11.0. The topological polar surface area (TPSA) is 52.6 Å². The van der Waals surface area contributed by atoms with Gasteiger partial charge in [0.1, 0.15) is 0 Å². The van der Waals surface area contributed by atoms with Crippen molar-refractivity contribution in [2.75, 3.05) is 26.7 Å². The predicted molar refractivity (Wildman–Crippen MR) is 82.8 cm³/mol. The van der Waals surface area contributed by atoms with Gasteiger partial charge in [-0.1, -0.05) is 23.7 Å². The molecule has 3 unspecified atom stereocenters. The lowest BCUT2D eigenvalue weighted by Gasteiger charge is -2.16. The molecule has 3 rings (SSSR count). The molecule has 21 heavy (non-hydrogen) atoms. The molecular formula is C16H21ClN2O2. The molecule has 2 aliphatic rings. The van der Waals surface area contributed by atoms with Gasteiger partial charge in [-0.05, 0) is 49.5 Å². The van der Waals surface area contributed by atoms with Crippen LogP contribution in [0, 0.1) is 5.92 Å². The number of likely N-dealkylation sites (N-methyl/N-ethyl adjacent to an activating group) is 1. The summed E-state index contributed by atoms with van der Waals surface area (Å²) in [7, 11) is 2.14. The van der Waals surface area contributed by atoms with Crippen LogP contribution in [0.3, 0.4) is 0 Å². The standard InChI is InChI=1S/C16H21ClN2O2/c1-19-5-4-11(9-19)13-3-2-10(6-14(13)17)15-7-12(8-18-15)16(20)21/h2-3,6,11-12,15,18H,4-5,7-9H2,1H3,(H,20,21). The van der Waals surface area contributed by atoms with Gasteiger partial charge in [-0.25, -0.2) is 0 Å². The lowest BCUT2D eigenvalue weighted by atomic mass is 9.94. The first-order chi connectivity index (χ1) is 10.0. The number of rotatable bonds is 3. The summed E-state index contributed by atoms with van der Waals surface area (Å²) in [5.41, 5.74) is 2.32. The number of aliphatic carboxylic acids is 1. The van der Waals surface area contributed by atoms with Gasteiger partial charge in [0.05, 0.1) is 5.92 Å². The zero-order valence-electron chi connectivity index (χ0n) is 12.2. The Bertz CT molecular complexity index is 549. The van der Waals surface area contributed by atoms with E-state index < -0.39 is 5.97 Å². The zero-order valence-corrected chi connectivity index (χ0v) is 12.9. The normalized spacial score (nSPS) is 29.9. The maximum Gasteiger partial charge on any atom is 0.307 e. The molecule has 1 aromatic rings. The number of halogens is 1. The molecule has 0 aromatic heterocycles. The van der Waals surface area contributed by atoms with E-state index in [-0.39, 0.29) is 12.0 Å². The van der Waals surface area contributed by atoms with Crippen molar-refractivity contribution in [1.29, 1.82) is 0 Å². The van der Waals surface area contributed by atoms with E-state index in [1.807, 2.05) is 6.07 Å². The summed E-state index contributed by atoms with van der Waals surface area (Å²) >= 11 is 6.47. The third-order valence-electron chi connectivity index (χ3n) is 4.74. The van der Waals surface area contributed by atoms with Gasteiger partial charge in [0.2, 0.25) is 0 Å². The number of hydrogen-bond acceptors (Lipinski definition) is 3. The second-order valence-corrected chi connectivity index (χ2v) is 6.67. The van der Waals surface area contributed by atoms with E-state index in [4.69, 9.17) is 16.7 Å². The molecule has 5 heteroatoms. The van der Waals surface area contributed by atoms with Crippen molar-refractivity contribution in [3.8, 4) is 0 Å². The Hall–Kier alpha value is -1.10. The van der Waals surface area contributed by atoms with Crippen molar-refractivity contribution in [3.63, 3.8) is 0 Å². The third-order valence-corrected chi connectivity index (χ3v) is 5.07. The SMILES string of the molecule is CN1CCC(c2ccc(C3CC(C(=O)O)CN3)cc2Cl)C1. The Balaban J connectivity index is 1.74. The highest BCUT2D eigenvalue weighted by atomic mass is 35.5. The van der Waals surface area contributed by atoms with Crippen LogP contribution in [-0.4, -0.2) is 42.7 Å². The molecule has 2 N–H and O–H groups in total. The van der Waals surface area contributed by atoms with Crippen LogP contribution >= 0.6 is 11.6 Å². The van der Waals surface area contributed by atoms with Gasteiger partial charge in [-0.2, -0.15) is 0 Å². The number of nitrogens with one attached hydrogen (secondary N) is 1. The monoisotopic (exact) mass is 308 g/mol. The lowest BCUT2D eigenvalue weighted by molar-refractivity contribution is -0.141. The fraction of sp³-hybridized carbons (Fsp3) is 0.562. The van der Waals surface area contributed by atoms with Crippen LogP contribution < -0.4 is 5.32 Å². The summed E-state index contributed by atoms with van der Waals surface area (Å²) in [6.07, 6.45) is 1.79. The van der Waals surface area contributed by atoms with Gasteiger partial charge >= 0.3 is 5.97 Å². The first kappa shape index (κ1) is 14.8. The van der Waals surface area contributed by atoms with E-state index in [2.05, 4.69) is 29.4 Å². The zero-order chi connectivity index (χ0) is 15.0. The molecule has 3 atom stereocenters. The van der Waals surface area contributed by atoms with Crippen molar-refractivity contribution in [2.24, 2.45) is 5.92 Å². The quantitative estimate of drug-likeness (QED) is 0.901. The number of hydrogen-bond donors (Lipinski definition) is 2. The summed E-state index contributed by atoms with van der Waals surface area (Å²) < 4.78 is 0. The summed E-state index contributed by atoms with van der Waals surface area (Å²) in [6, 6.07) is 6.33. The summed E-state index contributed by atoms with van der Waals surface area (Å²) in [5, 5.41) is 13.2. The largest absolute Gasteiger partial charge is 0.481 e. The van der Waals surface area contributed by atoms with E-state index in [1.54, 1.807) is 0 Å². The third kappa shape index (κ3) is 3.07. The number of nitrogens with zero attached hydrogens (tertiary/aromatic N) is 1. The summed E-state index contributed by atoms with van der Waals surface area (Å²) in [4.78, 5) is 13.4. The number of carboxylic acids is 1. The number of carboxylic acid groups (broad SMARTS) is 1. The maximum atomic E-state index is 11.0. The average molecular weight is 309 g/mol. The highest BCUT2D eigenvalue weighted by Gasteiger charge is 2.31. The first-order valence-corrected chi connectivity index (χ1v) is 7.86. The van der Waals surface area contributed by atoms with Gasteiger partial charge in [0.15, 0.2) is 0 Å². The molecule has 2 heterocycles. The van der Waals surface area contributed by atoms with E-state index in [1.165, 1.54) is 5.56 Å². The van der Waals surface area contributed by atoms with Crippen molar-refractivity contribution < 1.29 is 9.90 Å². The minimum absolute atomic E-state index is 0.101. The van der Waals surface area contributed by atoms with Gasteiger partial charge in [-0.3, -0.25) is 4.79 Å². The molecule has 0 bridgehead atoms. The van der Waals surface area contributed by atoms with Crippen molar-refractivity contribution in [3.05, 3.63) is 34.3 Å². The van der Waals surface area contributed by atoms with Crippen LogP contribution in [0.2, 0.25) is 5.02 Å². The van der Waals surface area contributed by atoms with Gasteiger partial charge in [0.25, 0.3) is 0 Å². The van der Waals surface area contributed by atoms with Crippen LogP contribution in [0.5, 0.6) is 0 Å². The Morgan fingerprint density at radius 2 is 2.29 bits per heavy atom. The Morgan fingerprint density at radius 3 is 2.86 bits per heavy atom. The first-order valence-electron chi connectivity index (χ1n) is 7.48. The second-order valence-electron chi connectivity index (χ2n) is 6.26. The van der Waals surface area contributed by atoms with E-state index in [0.29, 0.717) is 18.9 Å². The van der Waals surface area contributed by atoms with Crippen LogP contribution in [0.1, 0.15) is 35.9 Å². The molecule has 1 aromatic carbocycles. The van der Waals surface area contributed by atoms with Gasteiger partial charge in [-0.15, -0.1) is 0 Å². The number of benzene rings is 1. The molecule has 2 aliphatic heterocycles. The molecule has 114 valence electrons. The minimum atomic E-state index is -0.721. The Morgan fingerprint density at radius 1 is 1.48 bits per heavy atom. The van der Waals surface area contributed by atoms with Crippen LogP contribution in [0.15, 0.2) is 18.2 Å². The molecule has 0 aliphatic carbocycles. The second kappa shape index (κ2) is 5.95. The van der Waals surface area contributed by atoms with Crippen molar-refractivity contribution in [1.82, 2.24) is 10.2 Å². The molecule has 2 fully saturated rings. The minimum Gasteiger partial charge on any atom is -0.481 e. The Labute approximate surface area is 130 Å². The summed E-state index contributed by atoms with van der Waals surface area (Å²) in [5.74, 6) is -0.501. The van der Waals surface area contributed by atoms with Crippen molar-refractivity contribution >= 4 is 17.6 Å². The molecule has 2 saturated heterocycles. The highest BCUT2D eigenvalue weighted by molar-refractivity contribution is 6.31. The molecule has 0 radical (unpaired) electrons. The van der Waals surface area contributed by atoms with Gasteiger partial charge < -0.3 is 15.3 Å². The van der Waals surface area contributed by atoms with E-state index >= 15 is 0 Å². The smallest absolute Gasteiger partial charge is 0.307 e. The molecular weight excluding hydrogens is 288 g/mol. The predicted octanol–water partition coefficient (Wildman–Crippen LogP) is 2.49. The number of carbonyl (C=O) groups is 1. The Kier molecular flexibility index (Phi) is 4.20.